The van der Waals surface area contributed by atoms with Crippen LogP contribution in [0.15, 0.2) is 18.3 Å². The van der Waals surface area contributed by atoms with Crippen molar-refractivity contribution in [1.82, 2.24) is 14.8 Å². The number of primary amides is 1. The van der Waals surface area contributed by atoms with Gasteiger partial charge in [-0.05, 0) is 38.0 Å². The van der Waals surface area contributed by atoms with Crippen molar-refractivity contribution in [1.29, 1.82) is 0 Å². The van der Waals surface area contributed by atoms with Crippen molar-refractivity contribution in [3.8, 4) is 11.1 Å². The molecule has 2 heterocycles. The first-order chi connectivity index (χ1) is 10.5. The van der Waals surface area contributed by atoms with Gasteiger partial charge in [0.05, 0.1) is 5.69 Å². The lowest BCUT2D eigenvalue weighted by atomic mass is 10.0. The Morgan fingerprint density at radius 2 is 1.86 bits per heavy atom. The molecule has 5 nitrogen and oxygen atoms in total. The second-order valence-electron chi connectivity index (χ2n) is 5.14. The average Bonchev–Trinajstić information content (AvgIpc) is 2.88. The van der Waals surface area contributed by atoms with Gasteiger partial charge in [0.2, 0.25) is 0 Å². The molecule has 0 radical (unpaired) electrons. The van der Waals surface area contributed by atoms with E-state index in [1.54, 1.807) is 6.07 Å². The largest absolute Gasteiger partial charge is 0.364 e. The fraction of sp³-hybridized carbons (Fsp3) is 0.471. The number of aromatic nitrogens is 3. The Morgan fingerprint density at radius 3 is 2.32 bits per heavy atom. The molecule has 0 spiro atoms. The average molecular weight is 302 g/mol. The molecule has 0 bridgehead atoms. The maximum Gasteiger partial charge on any atom is 0.267 e. The highest BCUT2D eigenvalue weighted by Gasteiger charge is 2.12. The molecule has 0 aromatic carbocycles. The van der Waals surface area contributed by atoms with E-state index in [1.807, 2.05) is 37.7 Å². The van der Waals surface area contributed by atoms with Crippen LogP contribution >= 0.6 is 0 Å². The maximum absolute atomic E-state index is 11.3. The number of pyridine rings is 1. The molecule has 0 aliphatic carbocycles. The van der Waals surface area contributed by atoms with Gasteiger partial charge < -0.3 is 5.73 Å². The van der Waals surface area contributed by atoms with E-state index in [9.17, 15) is 4.79 Å². The maximum atomic E-state index is 11.3. The molecule has 22 heavy (non-hydrogen) atoms. The van der Waals surface area contributed by atoms with Crippen LogP contribution in [0.2, 0.25) is 0 Å². The molecular formula is C17H26N4O. The van der Waals surface area contributed by atoms with Gasteiger partial charge in [-0.25, -0.2) is 4.98 Å². The highest BCUT2D eigenvalue weighted by molar-refractivity contribution is 5.92. The highest BCUT2D eigenvalue weighted by atomic mass is 16.1. The van der Waals surface area contributed by atoms with Crippen LogP contribution in [0.5, 0.6) is 0 Å². The van der Waals surface area contributed by atoms with E-state index in [4.69, 9.17) is 5.73 Å². The Hall–Kier alpha value is -2.17. The minimum atomic E-state index is -0.503. The summed E-state index contributed by atoms with van der Waals surface area (Å²) in [6.07, 6.45) is 3.99. The monoisotopic (exact) mass is 302 g/mol. The molecule has 0 saturated heterocycles. The zero-order valence-corrected chi connectivity index (χ0v) is 14.2. The lowest BCUT2D eigenvalue weighted by molar-refractivity contribution is 0.0995. The summed E-state index contributed by atoms with van der Waals surface area (Å²) in [5, 5.41) is 4.42. The molecule has 5 heteroatoms. The van der Waals surface area contributed by atoms with E-state index in [1.165, 1.54) is 6.42 Å². The van der Waals surface area contributed by atoms with Crippen LogP contribution in [0.3, 0.4) is 0 Å². The molecule has 0 saturated carbocycles. The molecule has 2 aromatic rings. The number of carbonyl (C=O) groups excluding carboxylic acids is 1. The van der Waals surface area contributed by atoms with Crippen LogP contribution in [-0.2, 0) is 13.0 Å². The summed E-state index contributed by atoms with van der Waals surface area (Å²) in [5.41, 5.74) is 9.38. The van der Waals surface area contributed by atoms with E-state index in [2.05, 4.69) is 23.9 Å². The third-order valence-electron chi connectivity index (χ3n) is 3.07. The minimum absolute atomic E-state index is 0.304. The Bertz CT molecular complexity index is 632. The molecule has 2 rings (SSSR count). The first kappa shape index (κ1) is 17.9. The minimum Gasteiger partial charge on any atom is -0.364 e. The van der Waals surface area contributed by atoms with Crippen molar-refractivity contribution in [2.24, 2.45) is 5.73 Å². The number of aryl methyl sites for hydroxylation is 3. The van der Waals surface area contributed by atoms with Crippen LogP contribution < -0.4 is 5.73 Å². The van der Waals surface area contributed by atoms with Crippen molar-refractivity contribution in [2.45, 2.75) is 54.0 Å². The van der Waals surface area contributed by atoms with Crippen molar-refractivity contribution >= 4 is 5.91 Å². The number of hydrogen-bond donors (Lipinski definition) is 1. The van der Waals surface area contributed by atoms with Crippen LogP contribution in [0.1, 0.15) is 56.0 Å². The molecular weight excluding hydrogens is 276 g/mol. The third kappa shape index (κ3) is 4.41. The normalized spacial score (nSPS) is 10.0. The van der Waals surface area contributed by atoms with Crippen molar-refractivity contribution in [3.63, 3.8) is 0 Å². The van der Waals surface area contributed by atoms with E-state index in [0.29, 0.717) is 5.69 Å². The summed E-state index contributed by atoms with van der Waals surface area (Å²) in [5.74, 6) is -0.503. The zero-order chi connectivity index (χ0) is 16.7. The van der Waals surface area contributed by atoms with Gasteiger partial charge in [0.1, 0.15) is 5.69 Å². The van der Waals surface area contributed by atoms with Crippen LogP contribution in [0.4, 0.5) is 0 Å². The number of amides is 1. The quantitative estimate of drug-likeness (QED) is 0.941. The topological polar surface area (TPSA) is 73.8 Å². The number of nitrogens with two attached hydrogens (primary N) is 1. The first-order valence-corrected chi connectivity index (χ1v) is 7.81. The molecule has 0 unspecified atom stereocenters. The summed E-state index contributed by atoms with van der Waals surface area (Å²) >= 11 is 0. The van der Waals surface area contributed by atoms with Gasteiger partial charge in [-0.2, -0.15) is 5.10 Å². The molecule has 1 amide bonds. The van der Waals surface area contributed by atoms with Gasteiger partial charge in [0.25, 0.3) is 5.91 Å². The van der Waals surface area contributed by atoms with Crippen LogP contribution in [0.25, 0.3) is 11.1 Å². The smallest absolute Gasteiger partial charge is 0.267 e. The van der Waals surface area contributed by atoms with Crippen molar-refractivity contribution in [3.05, 3.63) is 35.4 Å². The zero-order valence-electron chi connectivity index (χ0n) is 14.2. The number of hydrogen-bond acceptors (Lipinski definition) is 3. The van der Waals surface area contributed by atoms with E-state index in [-0.39, 0.29) is 0 Å². The van der Waals surface area contributed by atoms with E-state index < -0.39 is 5.91 Å². The molecule has 0 aliphatic rings. The summed E-state index contributed by atoms with van der Waals surface area (Å²) in [4.78, 5) is 15.6. The SMILES string of the molecule is CCC.CCc1cc(-c2cn(CC)nc2C)cc(C(N)=O)n1. The number of carbonyl (C=O) groups is 1. The summed E-state index contributed by atoms with van der Waals surface area (Å²) < 4.78 is 1.88. The second-order valence-corrected chi connectivity index (χ2v) is 5.14. The summed E-state index contributed by atoms with van der Waals surface area (Å²) in [6.45, 7) is 11.1. The van der Waals surface area contributed by atoms with Crippen molar-refractivity contribution in [2.75, 3.05) is 0 Å². The van der Waals surface area contributed by atoms with Gasteiger partial charge in [0.15, 0.2) is 0 Å². The van der Waals surface area contributed by atoms with Gasteiger partial charge in [0, 0.05) is 24.0 Å². The fourth-order valence-corrected chi connectivity index (χ4v) is 2.01. The highest BCUT2D eigenvalue weighted by Crippen LogP contribution is 2.24. The standard InChI is InChI=1S/C14H18N4O.C3H8/c1-4-11-6-10(7-13(16-11)14(15)19)12-8-18(5-2)17-9(12)3;1-3-2/h6-8H,4-5H2,1-3H3,(H2,15,19);3H2,1-2H3. The first-order valence-electron chi connectivity index (χ1n) is 7.81. The Labute approximate surface area is 132 Å². The molecule has 2 aromatic heterocycles. The fourth-order valence-electron chi connectivity index (χ4n) is 2.01. The molecule has 0 aliphatic heterocycles. The summed E-state index contributed by atoms with van der Waals surface area (Å²) in [7, 11) is 0. The lowest BCUT2D eigenvalue weighted by Crippen LogP contribution is -2.14. The number of rotatable bonds is 4. The predicted molar refractivity (Wildman–Crippen MR) is 89.7 cm³/mol. The van der Waals surface area contributed by atoms with Crippen LogP contribution in [0, 0.1) is 6.92 Å². The van der Waals surface area contributed by atoms with Crippen molar-refractivity contribution < 1.29 is 4.79 Å². The second kappa shape index (κ2) is 8.32. The molecule has 0 atom stereocenters. The summed E-state index contributed by atoms with van der Waals surface area (Å²) in [6, 6.07) is 3.71. The van der Waals surface area contributed by atoms with Gasteiger partial charge >= 0.3 is 0 Å². The molecule has 0 fully saturated rings. The molecule has 2 N–H and O–H groups in total. The Morgan fingerprint density at radius 1 is 1.23 bits per heavy atom. The number of nitrogens with zero attached hydrogens (tertiary/aromatic N) is 3. The Balaban J connectivity index is 0.000000745. The Kier molecular flexibility index (Phi) is 6.76. The molecule has 120 valence electrons. The predicted octanol–water partition coefficient (Wildman–Crippen LogP) is 3.35. The van der Waals surface area contributed by atoms with Gasteiger partial charge in [-0.3, -0.25) is 9.48 Å². The van der Waals surface area contributed by atoms with E-state index >= 15 is 0 Å². The van der Waals surface area contributed by atoms with Gasteiger partial charge in [-0.1, -0.05) is 27.2 Å². The van der Waals surface area contributed by atoms with E-state index in [0.717, 1.165) is 35.5 Å². The van der Waals surface area contributed by atoms with Gasteiger partial charge in [-0.15, -0.1) is 0 Å². The third-order valence-corrected chi connectivity index (χ3v) is 3.07. The lowest BCUT2D eigenvalue weighted by Gasteiger charge is -2.05. The van der Waals surface area contributed by atoms with Crippen LogP contribution in [-0.4, -0.2) is 20.7 Å².